The third kappa shape index (κ3) is 3.03. The molecule has 0 bridgehead atoms. The van der Waals surface area contributed by atoms with Gasteiger partial charge in [0.15, 0.2) is 0 Å². The summed E-state index contributed by atoms with van der Waals surface area (Å²) in [7, 11) is 0. The number of hydrogen-bond donors (Lipinski definition) is 1. The van der Waals surface area contributed by atoms with Crippen LogP contribution in [0.4, 0.5) is 10.1 Å². The van der Waals surface area contributed by atoms with Crippen LogP contribution in [-0.4, -0.2) is 28.5 Å². The van der Waals surface area contributed by atoms with Gasteiger partial charge in [-0.3, -0.25) is 4.79 Å². The molecule has 2 aromatic rings. The molecule has 2 rings (SSSR count). The molecule has 6 heteroatoms. The average molecular weight is 276 g/mol. The van der Waals surface area contributed by atoms with E-state index in [1.165, 1.54) is 17.0 Å². The number of anilines is 1. The lowest BCUT2D eigenvalue weighted by atomic mass is 10.2. The van der Waals surface area contributed by atoms with Crippen LogP contribution in [0.2, 0.25) is 0 Å². The van der Waals surface area contributed by atoms with Crippen molar-refractivity contribution >= 4 is 11.6 Å². The van der Waals surface area contributed by atoms with Crippen LogP contribution in [0.25, 0.3) is 0 Å². The molecule has 1 aromatic heterocycles. The topological polar surface area (TPSA) is 64.2 Å². The number of imidazole rings is 1. The maximum atomic E-state index is 13.3. The van der Waals surface area contributed by atoms with Gasteiger partial charge in [-0.05, 0) is 25.1 Å². The number of aromatic nitrogens is 2. The van der Waals surface area contributed by atoms with Crippen molar-refractivity contribution in [3.63, 3.8) is 0 Å². The molecule has 1 heterocycles. The molecule has 0 aliphatic rings. The molecule has 0 fully saturated rings. The van der Waals surface area contributed by atoms with Crippen molar-refractivity contribution in [1.82, 2.24) is 9.55 Å². The van der Waals surface area contributed by atoms with Gasteiger partial charge in [0.2, 0.25) is 0 Å². The molecule has 0 aliphatic carbocycles. The first kappa shape index (κ1) is 14.2. The molecule has 0 radical (unpaired) electrons. The van der Waals surface area contributed by atoms with E-state index >= 15 is 0 Å². The second-order valence-electron chi connectivity index (χ2n) is 4.31. The second kappa shape index (κ2) is 6.29. The molecule has 5 nitrogen and oxygen atoms in total. The number of halogens is 1. The monoisotopic (exact) mass is 276 g/mol. The van der Waals surface area contributed by atoms with Gasteiger partial charge < -0.3 is 15.2 Å². The number of nitrogens with zero attached hydrogens (tertiary/aromatic N) is 3. The first-order valence-corrected chi connectivity index (χ1v) is 6.45. The minimum absolute atomic E-state index is 0.256. The predicted molar refractivity (Wildman–Crippen MR) is 75.0 cm³/mol. The summed E-state index contributed by atoms with van der Waals surface area (Å²) in [6.07, 6.45) is 3.22. The Balaban J connectivity index is 2.24. The maximum absolute atomic E-state index is 13.3. The van der Waals surface area contributed by atoms with E-state index in [0.29, 0.717) is 31.0 Å². The summed E-state index contributed by atoms with van der Waals surface area (Å²) in [5, 5.41) is 0. The van der Waals surface area contributed by atoms with E-state index in [2.05, 4.69) is 4.98 Å². The molecule has 0 atom stereocenters. The van der Waals surface area contributed by atoms with Crippen molar-refractivity contribution in [2.75, 3.05) is 18.0 Å². The van der Waals surface area contributed by atoms with Crippen LogP contribution in [0.3, 0.4) is 0 Å². The zero-order valence-corrected chi connectivity index (χ0v) is 11.3. The molecule has 0 aliphatic heterocycles. The Morgan fingerprint density at radius 2 is 2.30 bits per heavy atom. The normalized spacial score (nSPS) is 10.6. The SMILES string of the molecule is CCN(C(=O)c1cn(CCN)cn1)c1cccc(F)c1. The summed E-state index contributed by atoms with van der Waals surface area (Å²) >= 11 is 0. The summed E-state index contributed by atoms with van der Waals surface area (Å²) in [5.74, 6) is -0.628. The maximum Gasteiger partial charge on any atom is 0.278 e. The summed E-state index contributed by atoms with van der Waals surface area (Å²) in [6.45, 7) is 3.35. The zero-order chi connectivity index (χ0) is 14.5. The van der Waals surface area contributed by atoms with E-state index < -0.39 is 0 Å². The molecular formula is C14H17FN4O. The third-order valence-electron chi connectivity index (χ3n) is 2.92. The van der Waals surface area contributed by atoms with Crippen LogP contribution in [0, 0.1) is 5.82 Å². The van der Waals surface area contributed by atoms with Gasteiger partial charge in [-0.25, -0.2) is 9.37 Å². The fraction of sp³-hybridized carbons (Fsp3) is 0.286. The van der Waals surface area contributed by atoms with Gasteiger partial charge in [-0.15, -0.1) is 0 Å². The second-order valence-corrected chi connectivity index (χ2v) is 4.31. The molecule has 0 unspecified atom stereocenters. The quantitative estimate of drug-likeness (QED) is 0.903. The van der Waals surface area contributed by atoms with Crippen LogP contribution < -0.4 is 10.6 Å². The van der Waals surface area contributed by atoms with Crippen LogP contribution in [0.5, 0.6) is 0 Å². The molecular weight excluding hydrogens is 259 g/mol. The number of hydrogen-bond acceptors (Lipinski definition) is 3. The van der Waals surface area contributed by atoms with Gasteiger partial charge in [0.05, 0.1) is 6.33 Å². The zero-order valence-electron chi connectivity index (χ0n) is 11.3. The minimum Gasteiger partial charge on any atom is -0.335 e. The van der Waals surface area contributed by atoms with Crippen molar-refractivity contribution < 1.29 is 9.18 Å². The van der Waals surface area contributed by atoms with E-state index in [0.717, 1.165) is 0 Å². The van der Waals surface area contributed by atoms with Crippen molar-refractivity contribution in [2.45, 2.75) is 13.5 Å². The fourth-order valence-corrected chi connectivity index (χ4v) is 1.97. The molecule has 106 valence electrons. The van der Waals surface area contributed by atoms with Gasteiger partial charge in [0.25, 0.3) is 5.91 Å². The lowest BCUT2D eigenvalue weighted by molar-refractivity contribution is 0.0984. The van der Waals surface area contributed by atoms with Gasteiger partial charge in [-0.1, -0.05) is 6.07 Å². The number of benzene rings is 1. The number of carbonyl (C=O) groups excluding carboxylic acids is 1. The highest BCUT2D eigenvalue weighted by atomic mass is 19.1. The number of rotatable bonds is 5. The highest BCUT2D eigenvalue weighted by Gasteiger charge is 2.18. The smallest absolute Gasteiger partial charge is 0.278 e. The first-order chi connectivity index (χ1) is 9.65. The molecule has 0 saturated heterocycles. The Labute approximate surface area is 116 Å². The lowest BCUT2D eigenvalue weighted by Crippen LogP contribution is -2.31. The Bertz CT molecular complexity index is 596. The largest absolute Gasteiger partial charge is 0.335 e. The Morgan fingerprint density at radius 3 is 2.95 bits per heavy atom. The van der Waals surface area contributed by atoms with Crippen LogP contribution >= 0.6 is 0 Å². The van der Waals surface area contributed by atoms with Gasteiger partial charge >= 0.3 is 0 Å². The number of nitrogens with two attached hydrogens (primary N) is 1. The van der Waals surface area contributed by atoms with E-state index in [1.54, 1.807) is 29.2 Å². The highest BCUT2D eigenvalue weighted by Crippen LogP contribution is 2.17. The van der Waals surface area contributed by atoms with Crippen molar-refractivity contribution in [1.29, 1.82) is 0 Å². The van der Waals surface area contributed by atoms with E-state index in [-0.39, 0.29) is 11.7 Å². The molecule has 0 saturated carbocycles. The molecule has 0 spiro atoms. The molecule has 2 N–H and O–H groups in total. The standard InChI is InChI=1S/C14H17FN4O/c1-2-19(12-5-3-4-11(15)8-12)14(20)13-9-18(7-6-16)10-17-13/h3-5,8-10H,2,6-7,16H2,1H3. The average Bonchev–Trinajstić information content (AvgIpc) is 2.89. The Morgan fingerprint density at radius 1 is 1.50 bits per heavy atom. The summed E-state index contributed by atoms with van der Waals surface area (Å²) in [4.78, 5) is 18.0. The molecule has 1 amide bonds. The summed E-state index contributed by atoms with van der Waals surface area (Å²) in [5.41, 5.74) is 6.30. The van der Waals surface area contributed by atoms with Gasteiger partial charge in [0, 0.05) is 31.5 Å². The highest BCUT2D eigenvalue weighted by molar-refractivity contribution is 6.04. The van der Waals surface area contributed by atoms with Gasteiger partial charge in [0.1, 0.15) is 11.5 Å². The van der Waals surface area contributed by atoms with E-state index in [9.17, 15) is 9.18 Å². The minimum atomic E-state index is -0.373. The predicted octanol–water partition coefficient (Wildman–Crippen LogP) is 1.65. The van der Waals surface area contributed by atoms with Crippen molar-refractivity contribution in [2.24, 2.45) is 5.73 Å². The number of amides is 1. The van der Waals surface area contributed by atoms with Crippen LogP contribution in [0.1, 0.15) is 17.4 Å². The summed E-state index contributed by atoms with van der Waals surface area (Å²) in [6, 6.07) is 5.95. The Kier molecular flexibility index (Phi) is 4.47. The lowest BCUT2D eigenvalue weighted by Gasteiger charge is -2.19. The first-order valence-electron chi connectivity index (χ1n) is 6.45. The van der Waals surface area contributed by atoms with Crippen molar-refractivity contribution in [3.8, 4) is 0 Å². The molecule has 20 heavy (non-hydrogen) atoms. The van der Waals surface area contributed by atoms with E-state index in [4.69, 9.17) is 5.73 Å². The van der Waals surface area contributed by atoms with Crippen LogP contribution in [-0.2, 0) is 6.54 Å². The summed E-state index contributed by atoms with van der Waals surface area (Å²) < 4.78 is 15.0. The third-order valence-corrected chi connectivity index (χ3v) is 2.92. The number of carbonyl (C=O) groups is 1. The Hall–Kier alpha value is -2.21. The fourth-order valence-electron chi connectivity index (χ4n) is 1.97. The molecule has 1 aromatic carbocycles. The van der Waals surface area contributed by atoms with Crippen molar-refractivity contribution in [3.05, 3.63) is 48.3 Å². The van der Waals surface area contributed by atoms with Gasteiger partial charge in [-0.2, -0.15) is 0 Å². The van der Waals surface area contributed by atoms with E-state index in [1.807, 2.05) is 6.92 Å². The van der Waals surface area contributed by atoms with Crippen LogP contribution in [0.15, 0.2) is 36.8 Å².